The van der Waals surface area contributed by atoms with Crippen LogP contribution in [0.1, 0.15) is 16.4 Å². The molecule has 4 rings (SSSR count). The van der Waals surface area contributed by atoms with Gasteiger partial charge in [-0.1, -0.05) is 0 Å². The summed E-state index contributed by atoms with van der Waals surface area (Å²) in [5, 5.41) is 6.89. The minimum atomic E-state index is -0.414. The molecule has 0 fully saturated rings. The van der Waals surface area contributed by atoms with E-state index in [-0.39, 0.29) is 5.69 Å². The molecule has 26 heavy (non-hydrogen) atoms. The maximum atomic E-state index is 12.3. The highest BCUT2D eigenvalue weighted by Gasteiger charge is 2.17. The number of ether oxygens (including phenoxy) is 1. The highest BCUT2D eigenvalue weighted by atomic mass is 16.5. The van der Waals surface area contributed by atoms with E-state index >= 15 is 0 Å². The van der Waals surface area contributed by atoms with Crippen molar-refractivity contribution in [1.82, 2.24) is 24.7 Å². The third kappa shape index (κ3) is 2.69. The van der Waals surface area contributed by atoms with Crippen molar-refractivity contribution in [1.29, 1.82) is 0 Å². The first-order valence-electron chi connectivity index (χ1n) is 7.84. The van der Waals surface area contributed by atoms with Gasteiger partial charge in [0.05, 0.1) is 13.3 Å². The van der Waals surface area contributed by atoms with Crippen LogP contribution in [0.4, 0.5) is 5.95 Å². The molecule has 0 aliphatic rings. The first kappa shape index (κ1) is 15.9. The molecule has 132 valence electrons. The summed E-state index contributed by atoms with van der Waals surface area (Å²) in [5.41, 5.74) is 3.33. The van der Waals surface area contributed by atoms with Crippen LogP contribution in [0.2, 0.25) is 0 Å². The fourth-order valence-electron chi connectivity index (χ4n) is 2.73. The molecule has 9 heteroatoms. The van der Waals surface area contributed by atoms with Crippen molar-refractivity contribution >= 4 is 22.9 Å². The van der Waals surface area contributed by atoms with E-state index in [1.165, 1.54) is 6.26 Å². The number of aromatic nitrogens is 5. The number of carbonyl (C=O) groups is 1. The number of H-pyrrole nitrogens is 1. The topological polar surface area (TPSA) is 111 Å². The van der Waals surface area contributed by atoms with Gasteiger partial charge in [0.2, 0.25) is 5.95 Å². The number of anilines is 1. The van der Waals surface area contributed by atoms with Gasteiger partial charge in [-0.3, -0.25) is 14.8 Å². The number of amides is 1. The molecule has 4 aromatic rings. The van der Waals surface area contributed by atoms with E-state index in [2.05, 4.69) is 25.4 Å². The number of fused-ring (bicyclic) bond motifs is 1. The number of oxazole rings is 1. The van der Waals surface area contributed by atoms with E-state index in [9.17, 15) is 4.79 Å². The minimum absolute atomic E-state index is 0.183. The van der Waals surface area contributed by atoms with Gasteiger partial charge >= 0.3 is 0 Å². The molecule has 3 heterocycles. The molecule has 1 amide bonds. The third-order valence-electron chi connectivity index (χ3n) is 3.93. The second-order valence-electron chi connectivity index (χ2n) is 5.73. The van der Waals surface area contributed by atoms with E-state index in [4.69, 9.17) is 9.15 Å². The zero-order valence-electron chi connectivity index (χ0n) is 14.4. The summed E-state index contributed by atoms with van der Waals surface area (Å²) < 4.78 is 12.2. The lowest BCUT2D eigenvalue weighted by atomic mass is 10.1. The lowest BCUT2D eigenvalue weighted by Gasteiger charge is -2.04. The largest absolute Gasteiger partial charge is 0.494 e. The van der Waals surface area contributed by atoms with Crippen molar-refractivity contribution in [2.45, 2.75) is 6.92 Å². The van der Waals surface area contributed by atoms with Crippen LogP contribution in [0.25, 0.3) is 22.2 Å². The molecule has 1 aromatic carbocycles. The molecule has 3 aromatic heterocycles. The first-order valence-corrected chi connectivity index (χ1v) is 7.84. The van der Waals surface area contributed by atoms with Crippen LogP contribution in [-0.2, 0) is 7.05 Å². The van der Waals surface area contributed by atoms with Crippen LogP contribution < -0.4 is 10.1 Å². The van der Waals surface area contributed by atoms with Crippen molar-refractivity contribution < 1.29 is 13.9 Å². The summed E-state index contributed by atoms with van der Waals surface area (Å²) in [7, 11) is 3.43. The van der Waals surface area contributed by atoms with Gasteiger partial charge in [0.15, 0.2) is 11.6 Å². The third-order valence-corrected chi connectivity index (χ3v) is 3.93. The number of aromatic amines is 1. The Hall–Kier alpha value is -3.62. The van der Waals surface area contributed by atoms with Crippen molar-refractivity contribution in [3.63, 3.8) is 0 Å². The van der Waals surface area contributed by atoms with Crippen molar-refractivity contribution in [3.8, 4) is 16.9 Å². The van der Waals surface area contributed by atoms with Crippen LogP contribution >= 0.6 is 0 Å². The average Bonchev–Trinajstić information content (AvgIpc) is 3.33. The summed E-state index contributed by atoms with van der Waals surface area (Å²) in [5.74, 6) is 0.918. The Balaban J connectivity index is 1.76. The van der Waals surface area contributed by atoms with Crippen LogP contribution in [-0.4, -0.2) is 37.7 Å². The lowest BCUT2D eigenvalue weighted by molar-refractivity contribution is 0.102. The van der Waals surface area contributed by atoms with E-state index in [0.29, 0.717) is 28.6 Å². The quantitative estimate of drug-likeness (QED) is 0.584. The fourth-order valence-corrected chi connectivity index (χ4v) is 2.73. The molecular formula is C17H16N6O3. The number of aryl methyl sites for hydroxylation is 2. The Morgan fingerprint density at radius 1 is 1.35 bits per heavy atom. The summed E-state index contributed by atoms with van der Waals surface area (Å²) in [4.78, 5) is 23.9. The Kier molecular flexibility index (Phi) is 3.68. The molecule has 2 N–H and O–H groups in total. The van der Waals surface area contributed by atoms with Crippen LogP contribution in [0, 0.1) is 6.92 Å². The summed E-state index contributed by atoms with van der Waals surface area (Å²) in [6, 6.07) is 3.75. The molecule has 0 unspecified atom stereocenters. The number of carbonyl (C=O) groups excluding carboxylic acids is 1. The number of imidazole rings is 1. The number of nitrogens with zero attached hydrogens (tertiary/aromatic N) is 4. The highest BCUT2D eigenvalue weighted by Crippen LogP contribution is 2.33. The number of benzene rings is 1. The summed E-state index contributed by atoms with van der Waals surface area (Å²) >= 11 is 0. The van der Waals surface area contributed by atoms with Gasteiger partial charge in [-0.15, -0.1) is 0 Å². The standard InChI is InChI=1S/C17H16N6O3/c1-9-19-12(8-26-9)16(24)22-17-20-14-11(10-6-18-23(2)7-10)4-5-13(25-3)15(14)21-17/h4-8H,1-3H3,(H2,20,21,22,24). The molecular weight excluding hydrogens is 336 g/mol. The maximum absolute atomic E-state index is 12.3. The van der Waals surface area contributed by atoms with Gasteiger partial charge in [-0.25, -0.2) is 9.97 Å². The number of hydrogen-bond donors (Lipinski definition) is 2. The molecule has 0 spiro atoms. The maximum Gasteiger partial charge on any atom is 0.279 e. The van der Waals surface area contributed by atoms with Crippen molar-refractivity contribution in [3.05, 3.63) is 42.4 Å². The van der Waals surface area contributed by atoms with Crippen molar-refractivity contribution in [2.24, 2.45) is 7.05 Å². The molecule has 0 atom stereocenters. The number of rotatable bonds is 4. The molecule has 0 saturated carbocycles. The normalized spacial score (nSPS) is 11.0. The predicted octanol–water partition coefficient (Wildman–Crippen LogP) is 2.52. The highest BCUT2D eigenvalue weighted by molar-refractivity contribution is 6.03. The average molecular weight is 352 g/mol. The van der Waals surface area contributed by atoms with Gasteiger partial charge < -0.3 is 14.1 Å². The lowest BCUT2D eigenvalue weighted by Crippen LogP contribution is -2.13. The number of hydrogen-bond acceptors (Lipinski definition) is 6. The smallest absolute Gasteiger partial charge is 0.279 e. The minimum Gasteiger partial charge on any atom is -0.494 e. The van der Waals surface area contributed by atoms with Crippen molar-refractivity contribution in [2.75, 3.05) is 12.4 Å². The Morgan fingerprint density at radius 2 is 2.19 bits per heavy atom. The van der Waals surface area contributed by atoms with E-state index < -0.39 is 5.91 Å². The van der Waals surface area contributed by atoms with Gasteiger partial charge in [0, 0.05) is 31.3 Å². The number of nitrogens with one attached hydrogen (secondary N) is 2. The molecule has 0 radical (unpaired) electrons. The summed E-state index contributed by atoms with van der Waals surface area (Å²) in [6.45, 7) is 1.67. The predicted molar refractivity (Wildman–Crippen MR) is 94.0 cm³/mol. The first-order chi connectivity index (χ1) is 12.5. The Morgan fingerprint density at radius 3 is 2.85 bits per heavy atom. The summed E-state index contributed by atoms with van der Waals surface area (Å²) in [6.07, 6.45) is 4.95. The Bertz CT molecular complexity index is 1110. The SMILES string of the molecule is COc1ccc(-c2cnn(C)c2)c2nc(NC(=O)c3coc(C)n3)[nH]c12. The zero-order valence-corrected chi connectivity index (χ0v) is 14.4. The van der Waals surface area contributed by atoms with Gasteiger partial charge in [0.1, 0.15) is 23.0 Å². The molecule has 0 bridgehead atoms. The van der Waals surface area contributed by atoms with Crippen LogP contribution in [0.5, 0.6) is 5.75 Å². The van der Waals surface area contributed by atoms with Crippen LogP contribution in [0.15, 0.2) is 35.2 Å². The Labute approximate surface area is 148 Å². The second-order valence-corrected chi connectivity index (χ2v) is 5.73. The van der Waals surface area contributed by atoms with Gasteiger partial charge in [0.25, 0.3) is 5.91 Å². The molecule has 0 saturated heterocycles. The molecule has 9 nitrogen and oxygen atoms in total. The van der Waals surface area contributed by atoms with E-state index in [0.717, 1.165) is 11.1 Å². The van der Waals surface area contributed by atoms with E-state index in [1.807, 2.05) is 25.4 Å². The fraction of sp³-hybridized carbons (Fsp3) is 0.176. The second kappa shape index (κ2) is 6.03. The molecule has 0 aliphatic heterocycles. The monoisotopic (exact) mass is 352 g/mol. The van der Waals surface area contributed by atoms with Gasteiger partial charge in [-0.2, -0.15) is 5.10 Å². The zero-order chi connectivity index (χ0) is 18.3. The molecule has 0 aliphatic carbocycles. The number of methoxy groups -OCH3 is 1. The van der Waals surface area contributed by atoms with Crippen LogP contribution in [0.3, 0.4) is 0 Å². The van der Waals surface area contributed by atoms with Gasteiger partial charge in [-0.05, 0) is 12.1 Å². The van der Waals surface area contributed by atoms with E-state index in [1.54, 1.807) is 24.9 Å².